The maximum atomic E-state index is 6.16. The molecule has 2 saturated heterocycles. The number of aliphatic imine (C=N–C) groups is 1. The lowest BCUT2D eigenvalue weighted by Crippen LogP contribution is -2.50. The minimum Gasteiger partial charge on any atom is -0.373 e. The van der Waals surface area contributed by atoms with Crippen LogP contribution in [0.4, 0.5) is 0 Å². The fraction of sp³-hybridized carbons (Fsp3) is 0.720. The number of hydrogen-bond acceptors (Lipinski definition) is 4. The Morgan fingerprint density at radius 3 is 2.65 bits per heavy atom. The van der Waals surface area contributed by atoms with Crippen LogP contribution in [0.1, 0.15) is 44.6 Å². The molecule has 6 nitrogen and oxygen atoms in total. The number of benzene rings is 1. The number of hydrogen-bond donors (Lipinski definition) is 1. The van der Waals surface area contributed by atoms with Gasteiger partial charge < -0.3 is 19.9 Å². The van der Waals surface area contributed by atoms with Gasteiger partial charge in [0.1, 0.15) is 0 Å². The molecule has 31 heavy (non-hydrogen) atoms. The molecule has 0 bridgehead atoms. The van der Waals surface area contributed by atoms with Gasteiger partial charge in [-0.25, -0.2) is 0 Å². The van der Waals surface area contributed by atoms with E-state index in [0.717, 1.165) is 51.8 Å². The van der Waals surface area contributed by atoms with E-state index in [1.54, 1.807) is 0 Å². The molecule has 0 spiro atoms. The fourth-order valence-electron chi connectivity index (χ4n) is 4.63. The van der Waals surface area contributed by atoms with Crippen molar-refractivity contribution in [1.29, 1.82) is 0 Å². The average Bonchev–Trinajstić information content (AvgIpc) is 3.20. The largest absolute Gasteiger partial charge is 0.373 e. The van der Waals surface area contributed by atoms with Crippen molar-refractivity contribution in [2.24, 2.45) is 4.99 Å². The summed E-state index contributed by atoms with van der Waals surface area (Å²) in [5.74, 6) is 1.06. The Bertz CT molecular complexity index is 651. The third-order valence-electron chi connectivity index (χ3n) is 6.30. The molecule has 0 radical (unpaired) electrons. The van der Waals surface area contributed by atoms with Crippen molar-refractivity contribution in [1.82, 2.24) is 20.0 Å². The van der Waals surface area contributed by atoms with Gasteiger partial charge in [0.15, 0.2) is 5.96 Å². The molecule has 0 aromatic heterocycles. The summed E-state index contributed by atoms with van der Waals surface area (Å²) in [5, 5.41) is 3.52. The van der Waals surface area contributed by atoms with Gasteiger partial charge in [0.05, 0.1) is 18.8 Å². The van der Waals surface area contributed by atoms with Gasteiger partial charge in [-0.3, -0.25) is 9.89 Å². The molecule has 2 aliphatic rings. The monoisotopic (exact) mass is 429 g/mol. The standard InChI is InChI=1S/C25H43N5O/c1-4-26-25(27-15-11-6-5-7-12-16-28(2)3)30-20-23-24(21-30)31-18-17-29(23)19-22-13-9-8-10-14-22/h8-10,13-14,23-24H,4-7,11-12,15-21H2,1-3H3,(H,26,27). The van der Waals surface area contributed by atoms with E-state index in [4.69, 9.17) is 9.73 Å². The molecule has 3 rings (SSSR count). The van der Waals surface area contributed by atoms with Crippen LogP contribution in [0.3, 0.4) is 0 Å². The number of fused-ring (bicyclic) bond motifs is 1. The molecule has 2 fully saturated rings. The van der Waals surface area contributed by atoms with Crippen LogP contribution in [0.5, 0.6) is 0 Å². The van der Waals surface area contributed by atoms with Gasteiger partial charge in [-0.1, -0.05) is 49.6 Å². The van der Waals surface area contributed by atoms with E-state index in [-0.39, 0.29) is 6.10 Å². The first-order chi connectivity index (χ1) is 15.2. The summed E-state index contributed by atoms with van der Waals surface area (Å²) >= 11 is 0. The molecule has 2 heterocycles. The van der Waals surface area contributed by atoms with E-state index >= 15 is 0 Å². The molecule has 1 N–H and O–H groups in total. The van der Waals surface area contributed by atoms with Crippen LogP contribution < -0.4 is 5.32 Å². The second kappa shape index (κ2) is 13.0. The van der Waals surface area contributed by atoms with Gasteiger partial charge in [0.2, 0.25) is 0 Å². The zero-order chi connectivity index (χ0) is 21.9. The van der Waals surface area contributed by atoms with Crippen molar-refractivity contribution >= 4 is 5.96 Å². The van der Waals surface area contributed by atoms with E-state index in [1.165, 1.54) is 44.2 Å². The lowest BCUT2D eigenvalue weighted by atomic mass is 10.1. The Labute approximate surface area is 189 Å². The first-order valence-corrected chi connectivity index (χ1v) is 12.2. The third kappa shape index (κ3) is 7.78. The Morgan fingerprint density at radius 2 is 1.87 bits per heavy atom. The van der Waals surface area contributed by atoms with E-state index in [0.29, 0.717) is 6.04 Å². The van der Waals surface area contributed by atoms with Gasteiger partial charge in [-0.05, 0) is 46.0 Å². The van der Waals surface area contributed by atoms with E-state index in [1.807, 2.05) is 0 Å². The van der Waals surface area contributed by atoms with Crippen LogP contribution >= 0.6 is 0 Å². The molecule has 2 aliphatic heterocycles. The van der Waals surface area contributed by atoms with Crippen molar-refractivity contribution < 1.29 is 4.74 Å². The number of morpholine rings is 1. The molecular formula is C25H43N5O. The molecule has 2 unspecified atom stereocenters. The number of unbranched alkanes of at least 4 members (excludes halogenated alkanes) is 4. The van der Waals surface area contributed by atoms with Crippen molar-refractivity contribution in [3.63, 3.8) is 0 Å². The van der Waals surface area contributed by atoms with Gasteiger partial charge in [0.25, 0.3) is 0 Å². The second-order valence-corrected chi connectivity index (χ2v) is 9.14. The quantitative estimate of drug-likeness (QED) is 0.333. The molecule has 6 heteroatoms. The Morgan fingerprint density at radius 1 is 1.10 bits per heavy atom. The normalized spacial score (nSPS) is 22.2. The predicted octanol–water partition coefficient (Wildman–Crippen LogP) is 3.05. The zero-order valence-corrected chi connectivity index (χ0v) is 19.9. The number of nitrogens with one attached hydrogen (secondary N) is 1. The summed E-state index contributed by atoms with van der Waals surface area (Å²) in [7, 11) is 4.30. The summed E-state index contributed by atoms with van der Waals surface area (Å²) in [5.41, 5.74) is 1.38. The van der Waals surface area contributed by atoms with Crippen LogP contribution in [-0.4, -0.2) is 92.8 Å². The predicted molar refractivity (Wildman–Crippen MR) is 130 cm³/mol. The van der Waals surface area contributed by atoms with Crippen molar-refractivity contribution in [2.75, 3.05) is 60.0 Å². The summed E-state index contributed by atoms with van der Waals surface area (Å²) in [6.07, 6.45) is 6.67. The maximum Gasteiger partial charge on any atom is 0.194 e. The van der Waals surface area contributed by atoms with E-state index < -0.39 is 0 Å². The van der Waals surface area contributed by atoms with Crippen LogP contribution in [0, 0.1) is 0 Å². The topological polar surface area (TPSA) is 43.3 Å². The number of ether oxygens (including phenoxy) is 1. The first kappa shape index (κ1) is 24.0. The molecular weight excluding hydrogens is 386 g/mol. The number of guanidine groups is 1. The highest BCUT2D eigenvalue weighted by atomic mass is 16.5. The lowest BCUT2D eigenvalue weighted by molar-refractivity contribution is -0.0502. The number of nitrogens with zero attached hydrogens (tertiary/aromatic N) is 4. The highest BCUT2D eigenvalue weighted by molar-refractivity contribution is 5.80. The summed E-state index contributed by atoms with van der Waals surface area (Å²) in [4.78, 5) is 12.2. The molecule has 1 aromatic carbocycles. The molecule has 0 saturated carbocycles. The zero-order valence-electron chi connectivity index (χ0n) is 19.9. The van der Waals surface area contributed by atoms with Gasteiger partial charge in [0, 0.05) is 39.3 Å². The Kier molecular flexibility index (Phi) is 10.1. The average molecular weight is 430 g/mol. The fourth-order valence-corrected chi connectivity index (χ4v) is 4.63. The number of likely N-dealkylation sites (tertiary alicyclic amines) is 1. The minimum absolute atomic E-state index is 0.276. The highest BCUT2D eigenvalue weighted by Gasteiger charge is 2.41. The Balaban J connectivity index is 1.47. The van der Waals surface area contributed by atoms with Gasteiger partial charge >= 0.3 is 0 Å². The van der Waals surface area contributed by atoms with E-state index in [2.05, 4.69) is 71.4 Å². The second-order valence-electron chi connectivity index (χ2n) is 9.14. The van der Waals surface area contributed by atoms with Crippen LogP contribution in [0.15, 0.2) is 35.3 Å². The number of rotatable bonds is 11. The van der Waals surface area contributed by atoms with Crippen LogP contribution in [-0.2, 0) is 11.3 Å². The van der Waals surface area contributed by atoms with Crippen molar-refractivity contribution in [3.05, 3.63) is 35.9 Å². The minimum atomic E-state index is 0.276. The lowest BCUT2D eigenvalue weighted by Gasteiger charge is -2.36. The van der Waals surface area contributed by atoms with Crippen molar-refractivity contribution in [2.45, 2.75) is 57.7 Å². The summed E-state index contributed by atoms with van der Waals surface area (Å²) < 4.78 is 6.16. The van der Waals surface area contributed by atoms with Gasteiger partial charge in [-0.15, -0.1) is 0 Å². The molecule has 2 atom stereocenters. The highest BCUT2D eigenvalue weighted by Crippen LogP contribution is 2.24. The molecule has 0 aliphatic carbocycles. The van der Waals surface area contributed by atoms with Gasteiger partial charge in [-0.2, -0.15) is 0 Å². The SMILES string of the molecule is CCNC(=NCCCCCCCN(C)C)N1CC2OCCN(Cc3ccccc3)C2C1. The summed E-state index contributed by atoms with van der Waals surface area (Å²) in [6.45, 7) is 9.93. The van der Waals surface area contributed by atoms with Crippen LogP contribution in [0.2, 0.25) is 0 Å². The molecule has 1 aromatic rings. The smallest absolute Gasteiger partial charge is 0.194 e. The van der Waals surface area contributed by atoms with E-state index in [9.17, 15) is 0 Å². The first-order valence-electron chi connectivity index (χ1n) is 12.2. The molecule has 0 amide bonds. The summed E-state index contributed by atoms with van der Waals surface area (Å²) in [6, 6.07) is 11.2. The third-order valence-corrected chi connectivity index (χ3v) is 6.30. The van der Waals surface area contributed by atoms with Crippen LogP contribution in [0.25, 0.3) is 0 Å². The maximum absolute atomic E-state index is 6.16. The Hall–Kier alpha value is -1.63. The van der Waals surface area contributed by atoms with Crippen molar-refractivity contribution in [3.8, 4) is 0 Å². The molecule has 174 valence electrons.